The molecule has 1 atom stereocenters. The first-order valence-electron chi connectivity index (χ1n) is 9.36. The van der Waals surface area contributed by atoms with Crippen LogP contribution >= 0.6 is 46.7 Å². The van der Waals surface area contributed by atoms with Crippen LogP contribution in [0.3, 0.4) is 0 Å². The summed E-state index contributed by atoms with van der Waals surface area (Å²) in [5, 5.41) is 10.3. The lowest BCUT2D eigenvalue weighted by Crippen LogP contribution is -2.43. The van der Waals surface area contributed by atoms with Crippen LogP contribution in [0.4, 0.5) is 5.13 Å². The van der Waals surface area contributed by atoms with Gasteiger partial charge in [-0.15, -0.1) is 46.7 Å². The molecule has 2 aromatic rings. The summed E-state index contributed by atoms with van der Waals surface area (Å²) < 4.78 is 0. The Hall–Kier alpha value is -0.870. The van der Waals surface area contributed by atoms with Crippen LogP contribution in [0.25, 0.3) is 0 Å². The molecular weight excluding hydrogens is 489 g/mol. The Morgan fingerprint density at radius 3 is 2.78 bits per heavy atom. The van der Waals surface area contributed by atoms with Crippen molar-refractivity contribution in [2.24, 2.45) is 4.99 Å². The summed E-state index contributed by atoms with van der Waals surface area (Å²) >= 11 is 3.63. The Morgan fingerprint density at radius 1 is 1.33 bits per heavy atom. The first-order valence-corrected chi connectivity index (χ1v) is 11.1. The van der Waals surface area contributed by atoms with Crippen LogP contribution in [-0.2, 0) is 12.8 Å². The van der Waals surface area contributed by atoms with Gasteiger partial charge in [-0.1, -0.05) is 0 Å². The molecule has 0 radical (unpaired) electrons. The van der Waals surface area contributed by atoms with Crippen LogP contribution in [-0.4, -0.2) is 43.7 Å². The van der Waals surface area contributed by atoms with Gasteiger partial charge in [-0.2, -0.15) is 0 Å². The zero-order chi connectivity index (χ0) is 18.4. The minimum atomic E-state index is 0. The number of thiophene rings is 1. The summed E-state index contributed by atoms with van der Waals surface area (Å²) in [6.45, 7) is 7.51. The lowest BCUT2D eigenvalue weighted by molar-refractivity contribution is 0.644. The van der Waals surface area contributed by atoms with E-state index in [0.29, 0.717) is 6.04 Å². The van der Waals surface area contributed by atoms with E-state index in [4.69, 9.17) is 4.98 Å². The monoisotopic (exact) mass is 519 g/mol. The van der Waals surface area contributed by atoms with Gasteiger partial charge in [0.25, 0.3) is 0 Å². The van der Waals surface area contributed by atoms with E-state index in [1.165, 1.54) is 33.4 Å². The third kappa shape index (κ3) is 6.90. The van der Waals surface area contributed by atoms with Crippen LogP contribution in [0, 0.1) is 6.92 Å². The van der Waals surface area contributed by atoms with Crippen molar-refractivity contribution in [3.8, 4) is 0 Å². The van der Waals surface area contributed by atoms with Crippen LogP contribution in [0.15, 0.2) is 22.5 Å². The van der Waals surface area contributed by atoms with Gasteiger partial charge in [0.1, 0.15) is 0 Å². The average molecular weight is 520 g/mol. The Morgan fingerprint density at radius 2 is 2.11 bits per heavy atom. The molecule has 0 bridgehead atoms. The number of thiazole rings is 1. The first kappa shape index (κ1) is 22.4. The zero-order valence-corrected chi connectivity index (χ0v) is 20.3. The van der Waals surface area contributed by atoms with Gasteiger partial charge >= 0.3 is 0 Å². The first-order chi connectivity index (χ1) is 12.6. The highest BCUT2D eigenvalue weighted by molar-refractivity contribution is 14.0. The lowest BCUT2D eigenvalue weighted by Gasteiger charge is -2.17. The number of nitrogens with zero attached hydrogens (tertiary/aromatic N) is 3. The Balaban J connectivity index is 0.00000261. The number of aliphatic imine (C=N–C) groups is 1. The van der Waals surface area contributed by atoms with Crippen molar-refractivity contribution >= 4 is 57.7 Å². The van der Waals surface area contributed by atoms with Gasteiger partial charge < -0.3 is 15.5 Å². The Kier molecular flexibility index (Phi) is 9.31. The van der Waals surface area contributed by atoms with Crippen molar-refractivity contribution in [3.63, 3.8) is 0 Å². The molecule has 1 aliphatic heterocycles. The standard InChI is InChI=1S/C19H29N5S2.HI/c1-14(12-17-7-6-15(2)26-17)22-18(20-3)21-9-8-16-13-25-19(23-16)24-10-4-5-11-24;/h6-7,13-14H,4-5,8-12H2,1-3H3,(H2,20,21,22);1H. The lowest BCUT2D eigenvalue weighted by atomic mass is 10.2. The highest BCUT2D eigenvalue weighted by atomic mass is 127. The number of halogens is 1. The maximum Gasteiger partial charge on any atom is 0.191 e. The molecule has 0 spiro atoms. The van der Waals surface area contributed by atoms with E-state index in [9.17, 15) is 0 Å². The summed E-state index contributed by atoms with van der Waals surface area (Å²) in [6.07, 6.45) is 4.53. The van der Waals surface area contributed by atoms with Gasteiger partial charge in [0, 0.05) is 60.7 Å². The molecule has 0 aromatic carbocycles. The fourth-order valence-electron chi connectivity index (χ4n) is 3.15. The van der Waals surface area contributed by atoms with Gasteiger partial charge in [0.15, 0.2) is 11.1 Å². The number of hydrogen-bond acceptors (Lipinski definition) is 5. The maximum atomic E-state index is 4.78. The van der Waals surface area contributed by atoms with Crippen molar-refractivity contribution in [1.29, 1.82) is 0 Å². The summed E-state index contributed by atoms with van der Waals surface area (Å²) in [5.41, 5.74) is 1.17. The summed E-state index contributed by atoms with van der Waals surface area (Å²) in [5.74, 6) is 0.862. The highest BCUT2D eigenvalue weighted by Gasteiger charge is 2.15. The maximum absolute atomic E-state index is 4.78. The van der Waals surface area contributed by atoms with E-state index < -0.39 is 0 Å². The van der Waals surface area contributed by atoms with Crippen molar-refractivity contribution in [2.45, 2.75) is 45.6 Å². The molecule has 0 amide bonds. The van der Waals surface area contributed by atoms with E-state index in [1.54, 1.807) is 11.3 Å². The van der Waals surface area contributed by atoms with Gasteiger partial charge in [-0.05, 0) is 38.8 Å². The van der Waals surface area contributed by atoms with Crippen molar-refractivity contribution in [1.82, 2.24) is 15.6 Å². The number of rotatable bonds is 7. The van der Waals surface area contributed by atoms with Gasteiger partial charge in [-0.3, -0.25) is 4.99 Å². The SMILES string of the molecule is CN=C(NCCc1csc(N2CCCC2)n1)NC(C)Cc1ccc(C)s1.I. The predicted octanol–water partition coefficient (Wildman–Crippen LogP) is 4.07. The second-order valence-electron chi connectivity index (χ2n) is 6.83. The Bertz CT molecular complexity index is 721. The number of aryl methyl sites for hydroxylation is 1. The molecule has 2 N–H and O–H groups in total. The normalized spacial score (nSPS) is 15.5. The minimum absolute atomic E-state index is 0. The number of aromatic nitrogens is 1. The largest absolute Gasteiger partial charge is 0.356 e. The molecule has 3 heterocycles. The molecule has 5 nitrogen and oxygen atoms in total. The second-order valence-corrected chi connectivity index (χ2v) is 9.04. The number of guanidine groups is 1. The highest BCUT2D eigenvalue weighted by Crippen LogP contribution is 2.24. The molecule has 0 aliphatic carbocycles. The fraction of sp³-hybridized carbons (Fsp3) is 0.579. The molecule has 1 saturated heterocycles. The van der Waals surface area contributed by atoms with E-state index in [1.807, 2.05) is 18.4 Å². The minimum Gasteiger partial charge on any atom is -0.356 e. The number of hydrogen-bond donors (Lipinski definition) is 2. The molecule has 2 aromatic heterocycles. The van der Waals surface area contributed by atoms with Crippen LogP contribution in [0.5, 0.6) is 0 Å². The number of anilines is 1. The zero-order valence-electron chi connectivity index (χ0n) is 16.3. The van der Waals surface area contributed by atoms with Crippen molar-refractivity contribution < 1.29 is 0 Å². The summed E-state index contributed by atoms with van der Waals surface area (Å²) in [6, 6.07) is 4.75. The molecule has 1 unspecified atom stereocenters. The molecule has 1 aliphatic rings. The van der Waals surface area contributed by atoms with Crippen molar-refractivity contribution in [3.05, 3.63) is 33.0 Å². The molecule has 0 saturated carbocycles. The molecule has 150 valence electrons. The fourth-order valence-corrected chi connectivity index (χ4v) is 5.08. The molecule has 3 rings (SSSR count). The topological polar surface area (TPSA) is 52.6 Å². The second kappa shape index (κ2) is 11.2. The quantitative estimate of drug-likeness (QED) is 0.329. The summed E-state index contributed by atoms with van der Waals surface area (Å²) in [7, 11) is 1.83. The third-order valence-electron chi connectivity index (χ3n) is 4.50. The van der Waals surface area contributed by atoms with Gasteiger partial charge in [-0.25, -0.2) is 4.98 Å². The van der Waals surface area contributed by atoms with Crippen LogP contribution in [0.2, 0.25) is 0 Å². The summed E-state index contributed by atoms with van der Waals surface area (Å²) in [4.78, 5) is 14.3. The molecule has 8 heteroatoms. The average Bonchev–Trinajstić information content (AvgIpc) is 3.35. The van der Waals surface area contributed by atoms with E-state index in [-0.39, 0.29) is 24.0 Å². The van der Waals surface area contributed by atoms with Crippen LogP contribution in [0.1, 0.15) is 35.2 Å². The van der Waals surface area contributed by atoms with Crippen molar-refractivity contribution in [2.75, 3.05) is 31.6 Å². The molecule has 1 fully saturated rings. The predicted molar refractivity (Wildman–Crippen MR) is 129 cm³/mol. The third-order valence-corrected chi connectivity index (χ3v) is 6.47. The van der Waals surface area contributed by atoms with E-state index >= 15 is 0 Å². The van der Waals surface area contributed by atoms with E-state index in [2.05, 4.69) is 51.9 Å². The van der Waals surface area contributed by atoms with Gasteiger partial charge in [0.2, 0.25) is 0 Å². The van der Waals surface area contributed by atoms with Crippen LogP contribution < -0.4 is 15.5 Å². The number of nitrogens with one attached hydrogen (secondary N) is 2. The smallest absolute Gasteiger partial charge is 0.191 e. The Labute approximate surface area is 187 Å². The van der Waals surface area contributed by atoms with E-state index in [0.717, 1.165) is 38.4 Å². The molecule has 27 heavy (non-hydrogen) atoms. The molecular formula is C19H30IN5S2. The van der Waals surface area contributed by atoms with Gasteiger partial charge in [0.05, 0.1) is 5.69 Å².